The smallest absolute Gasteiger partial charge is 0.334 e. The molecule has 0 saturated heterocycles. The quantitative estimate of drug-likeness (QED) is 0.341. The first-order chi connectivity index (χ1) is 17.3. The first kappa shape index (κ1) is 26.5. The summed E-state index contributed by atoms with van der Waals surface area (Å²) in [5.74, 6) is -0.192. The van der Waals surface area contributed by atoms with Crippen molar-refractivity contribution in [3.8, 4) is 5.75 Å². The van der Waals surface area contributed by atoms with Crippen molar-refractivity contribution < 1.29 is 19.1 Å². The Morgan fingerprint density at radius 3 is 2.44 bits per heavy atom. The van der Waals surface area contributed by atoms with Gasteiger partial charge in [-0.2, -0.15) is 0 Å². The number of carbonyl (C=O) groups is 2. The van der Waals surface area contributed by atoms with Crippen LogP contribution in [0.4, 0.5) is 5.69 Å². The lowest BCUT2D eigenvalue weighted by Gasteiger charge is -2.29. The molecule has 192 valence electrons. The van der Waals surface area contributed by atoms with Crippen LogP contribution in [0.2, 0.25) is 10.0 Å². The van der Waals surface area contributed by atoms with Crippen molar-refractivity contribution >= 4 is 40.8 Å². The Morgan fingerprint density at radius 1 is 1.06 bits per heavy atom. The summed E-state index contributed by atoms with van der Waals surface area (Å²) in [6, 6.07) is 7.00. The van der Waals surface area contributed by atoms with Crippen LogP contribution >= 0.6 is 23.2 Å². The van der Waals surface area contributed by atoms with Crippen LogP contribution in [0.1, 0.15) is 70.8 Å². The molecule has 0 spiro atoms. The number of hydrogen-bond acceptors (Lipinski definition) is 5. The van der Waals surface area contributed by atoms with Gasteiger partial charge >= 0.3 is 5.97 Å². The zero-order chi connectivity index (χ0) is 25.7. The van der Waals surface area contributed by atoms with Crippen LogP contribution in [0.25, 0.3) is 0 Å². The molecule has 6 nitrogen and oxygen atoms in total. The Hall–Kier alpha value is -2.57. The molecule has 1 amide bonds. The lowest BCUT2D eigenvalue weighted by molar-refractivity contribution is -0.144. The molecule has 1 heterocycles. The van der Waals surface area contributed by atoms with Gasteiger partial charge in [0.15, 0.2) is 0 Å². The third-order valence-corrected chi connectivity index (χ3v) is 7.11. The van der Waals surface area contributed by atoms with Crippen molar-refractivity contribution in [2.45, 2.75) is 84.0 Å². The topological polar surface area (TPSA) is 68.7 Å². The molecule has 0 aliphatic heterocycles. The fourth-order valence-electron chi connectivity index (χ4n) is 4.77. The molecule has 2 aromatic rings. The number of carbonyl (C=O) groups excluding carboxylic acids is 2. The Balaban J connectivity index is 1.74. The number of pyridine rings is 1. The van der Waals surface area contributed by atoms with E-state index in [9.17, 15) is 9.59 Å². The maximum absolute atomic E-state index is 14.1. The molecule has 4 rings (SSSR count). The number of benzene rings is 1. The molecule has 0 N–H and O–H groups in total. The number of hydrogen-bond donors (Lipinski definition) is 0. The normalized spacial score (nSPS) is 16.4. The molecule has 0 bridgehead atoms. The highest BCUT2D eigenvalue weighted by Gasteiger charge is 2.32. The van der Waals surface area contributed by atoms with Crippen LogP contribution in [0.15, 0.2) is 47.8 Å². The number of nitrogens with zero attached hydrogens (tertiary/aromatic N) is 2. The summed E-state index contributed by atoms with van der Waals surface area (Å²) in [4.78, 5) is 33.1. The minimum absolute atomic E-state index is 0.0591. The second-order valence-corrected chi connectivity index (χ2v) is 10.4. The number of halogens is 2. The molecule has 1 aromatic heterocycles. The van der Waals surface area contributed by atoms with Gasteiger partial charge < -0.3 is 14.4 Å². The molecule has 2 aliphatic carbocycles. The summed E-state index contributed by atoms with van der Waals surface area (Å²) < 4.78 is 11.7. The third-order valence-electron chi connectivity index (χ3n) is 6.51. The Kier molecular flexibility index (Phi) is 8.91. The maximum Gasteiger partial charge on any atom is 0.334 e. The van der Waals surface area contributed by atoms with E-state index in [1.165, 1.54) is 0 Å². The predicted octanol–water partition coefficient (Wildman–Crippen LogP) is 7.07. The largest absolute Gasteiger partial charge is 0.489 e. The molecular weight excluding hydrogens is 499 g/mol. The van der Waals surface area contributed by atoms with Crippen LogP contribution < -0.4 is 9.64 Å². The van der Waals surface area contributed by atoms with E-state index in [1.54, 1.807) is 29.4 Å². The van der Waals surface area contributed by atoms with Gasteiger partial charge in [-0.3, -0.25) is 9.78 Å². The first-order valence-electron chi connectivity index (χ1n) is 12.6. The summed E-state index contributed by atoms with van der Waals surface area (Å²) in [6.45, 7) is 4.03. The van der Waals surface area contributed by atoms with Gasteiger partial charge in [-0.15, -0.1) is 0 Å². The van der Waals surface area contributed by atoms with Crippen molar-refractivity contribution in [2.24, 2.45) is 0 Å². The molecule has 0 atom stereocenters. The van der Waals surface area contributed by atoms with Crippen molar-refractivity contribution in [2.75, 3.05) is 4.90 Å². The molecule has 0 unspecified atom stereocenters. The summed E-state index contributed by atoms with van der Waals surface area (Å²) in [6.07, 6.45) is 9.84. The minimum Gasteiger partial charge on any atom is -0.489 e. The number of rotatable bonds is 8. The Bertz CT molecular complexity index is 1130. The second-order valence-electron chi connectivity index (χ2n) is 9.63. The van der Waals surface area contributed by atoms with Crippen LogP contribution in [0.3, 0.4) is 0 Å². The SMILES string of the molecule is CC(C)Oc1cc(N(Cc2cccnc2)C(=O)C2=C(C(=O)OC3CCCC3)CCCC2)c(Cl)cc1Cl. The van der Waals surface area contributed by atoms with Crippen LogP contribution in [0.5, 0.6) is 5.75 Å². The van der Waals surface area contributed by atoms with E-state index in [2.05, 4.69) is 4.98 Å². The number of esters is 1. The molecule has 8 heteroatoms. The summed E-state index contributed by atoms with van der Waals surface area (Å²) in [7, 11) is 0. The van der Waals surface area contributed by atoms with Gasteiger partial charge in [0.25, 0.3) is 5.91 Å². The highest BCUT2D eigenvalue weighted by atomic mass is 35.5. The van der Waals surface area contributed by atoms with E-state index in [0.29, 0.717) is 45.5 Å². The molecule has 1 aromatic carbocycles. The van der Waals surface area contributed by atoms with E-state index >= 15 is 0 Å². The fourth-order valence-corrected chi connectivity index (χ4v) is 5.30. The molecular formula is C28H32Cl2N2O4. The van der Waals surface area contributed by atoms with Gasteiger partial charge in [-0.25, -0.2) is 4.79 Å². The van der Waals surface area contributed by atoms with E-state index in [0.717, 1.165) is 44.1 Å². The first-order valence-corrected chi connectivity index (χ1v) is 13.4. The van der Waals surface area contributed by atoms with E-state index in [-0.39, 0.29) is 30.6 Å². The number of anilines is 1. The average molecular weight is 531 g/mol. The number of ether oxygens (including phenoxy) is 2. The van der Waals surface area contributed by atoms with E-state index in [1.807, 2.05) is 26.0 Å². The molecule has 1 saturated carbocycles. The summed E-state index contributed by atoms with van der Waals surface area (Å²) >= 11 is 13.0. The predicted molar refractivity (Wildman–Crippen MR) is 141 cm³/mol. The minimum atomic E-state index is -0.364. The average Bonchev–Trinajstić information content (AvgIpc) is 3.37. The number of aromatic nitrogens is 1. The van der Waals surface area contributed by atoms with E-state index < -0.39 is 0 Å². The van der Waals surface area contributed by atoms with Crippen molar-refractivity contribution in [3.05, 3.63) is 63.4 Å². The molecule has 1 fully saturated rings. The van der Waals surface area contributed by atoms with E-state index in [4.69, 9.17) is 32.7 Å². The molecule has 36 heavy (non-hydrogen) atoms. The maximum atomic E-state index is 14.1. The van der Waals surface area contributed by atoms with Crippen LogP contribution in [-0.4, -0.2) is 29.1 Å². The number of amides is 1. The molecule has 0 radical (unpaired) electrons. The van der Waals surface area contributed by atoms with Gasteiger partial charge in [0.1, 0.15) is 11.9 Å². The highest BCUT2D eigenvalue weighted by Crippen LogP contribution is 2.39. The summed E-state index contributed by atoms with van der Waals surface area (Å²) in [5, 5.41) is 0.684. The van der Waals surface area contributed by atoms with Crippen molar-refractivity contribution in [1.29, 1.82) is 0 Å². The fraction of sp³-hybridized carbons (Fsp3) is 0.464. The monoisotopic (exact) mass is 530 g/mol. The van der Waals surface area contributed by atoms with Gasteiger partial charge in [-0.1, -0.05) is 29.3 Å². The van der Waals surface area contributed by atoms with Crippen molar-refractivity contribution in [3.63, 3.8) is 0 Å². The lowest BCUT2D eigenvalue weighted by atomic mass is 9.90. The van der Waals surface area contributed by atoms with Crippen LogP contribution in [0, 0.1) is 0 Å². The summed E-state index contributed by atoms with van der Waals surface area (Å²) in [5.41, 5.74) is 2.27. The molecule has 2 aliphatic rings. The van der Waals surface area contributed by atoms with Crippen LogP contribution in [-0.2, 0) is 20.9 Å². The van der Waals surface area contributed by atoms with Gasteiger partial charge in [0.2, 0.25) is 0 Å². The zero-order valence-corrected chi connectivity index (χ0v) is 22.3. The van der Waals surface area contributed by atoms with Gasteiger partial charge in [-0.05, 0) is 82.9 Å². The lowest BCUT2D eigenvalue weighted by Crippen LogP contribution is -2.34. The Labute approximate surface area is 222 Å². The third kappa shape index (κ3) is 6.40. The second kappa shape index (κ2) is 12.1. The Morgan fingerprint density at radius 2 is 1.78 bits per heavy atom. The van der Waals surface area contributed by atoms with Gasteiger partial charge in [0.05, 0.1) is 28.4 Å². The van der Waals surface area contributed by atoms with Crippen molar-refractivity contribution in [1.82, 2.24) is 4.98 Å². The zero-order valence-electron chi connectivity index (χ0n) is 20.8. The highest BCUT2D eigenvalue weighted by molar-refractivity contribution is 6.37. The standard InChI is InChI=1S/C28H32Cl2N2O4/c1-18(2)35-26-15-25(23(29)14-24(26)30)32(17-19-8-7-13-31-16-19)27(33)21-11-5-6-12-22(21)28(34)36-20-9-3-4-10-20/h7-8,13-16,18,20H,3-6,9-12,17H2,1-2H3. The van der Waals surface area contributed by atoms with Gasteiger partial charge in [0, 0.05) is 29.6 Å².